The molecule has 2 saturated heterocycles. The summed E-state index contributed by atoms with van der Waals surface area (Å²) < 4.78 is 9.80. The maximum absolute atomic E-state index is 13.8. The average Bonchev–Trinajstić information content (AvgIpc) is 4.03. The number of aromatic nitrogens is 4. The van der Waals surface area contributed by atoms with E-state index in [9.17, 15) is 19.2 Å². The van der Waals surface area contributed by atoms with Crippen LogP contribution in [0.3, 0.4) is 0 Å². The number of hydrogen-bond acceptors (Lipinski definition) is 8. The third-order valence-electron chi connectivity index (χ3n) is 11.1. The molecule has 2 fully saturated rings. The fourth-order valence-corrected chi connectivity index (χ4v) is 8.27. The normalized spacial score (nSPS) is 18.0. The van der Waals surface area contributed by atoms with E-state index in [1.165, 1.54) is 24.0 Å². The van der Waals surface area contributed by atoms with Crippen molar-refractivity contribution in [2.75, 3.05) is 41.4 Å². The summed E-state index contributed by atoms with van der Waals surface area (Å²) >= 11 is 0. The highest BCUT2D eigenvalue weighted by molar-refractivity contribution is 5.87. The van der Waals surface area contributed by atoms with Crippen LogP contribution in [0.2, 0.25) is 0 Å². The van der Waals surface area contributed by atoms with Crippen LogP contribution in [0, 0.1) is 11.8 Å². The zero-order chi connectivity index (χ0) is 40.3. The van der Waals surface area contributed by atoms with Gasteiger partial charge in [-0.1, -0.05) is 76.2 Å². The highest BCUT2D eigenvalue weighted by atomic mass is 16.5. The van der Waals surface area contributed by atoms with Crippen molar-refractivity contribution in [2.45, 2.75) is 77.5 Å². The zero-order valence-electron chi connectivity index (χ0n) is 33.6. The summed E-state index contributed by atoms with van der Waals surface area (Å²) in [5.41, 5.74) is 5.80. The molecule has 0 unspecified atom stereocenters. The van der Waals surface area contributed by atoms with E-state index in [1.54, 1.807) is 14.1 Å². The molecule has 6 rings (SSSR count). The van der Waals surface area contributed by atoms with Crippen LogP contribution < -0.4 is 0 Å². The summed E-state index contributed by atoms with van der Waals surface area (Å²) in [5.74, 6) is 1.07. The van der Waals surface area contributed by atoms with Crippen LogP contribution in [0.5, 0.6) is 0 Å². The smallest absolute Gasteiger partial charge is 0.409 e. The maximum Gasteiger partial charge on any atom is 0.409 e. The highest BCUT2D eigenvalue weighted by Crippen LogP contribution is 2.36. The van der Waals surface area contributed by atoms with Crippen LogP contribution >= 0.6 is 0 Å². The number of methoxy groups -OCH3 is 2. The second kappa shape index (κ2) is 17.0. The number of rotatable bonds is 11. The number of carbonyl (C=O) groups excluding carboxylic acids is 4. The Morgan fingerprint density at radius 2 is 0.964 bits per heavy atom. The quantitative estimate of drug-likeness (QED) is 0.167. The van der Waals surface area contributed by atoms with E-state index in [-0.39, 0.29) is 35.7 Å². The SMILES string of the molecule is COC(=O)N(C)[C@H](C(=O)N1CCC[C@H]1c1ncc(-c2ccc(-c3ccc(-c4cnc([C@@H]5CCCN5C(=O)[C@H](C(C)C)N(C)C(=O)OC)[nH]4)cc3)cc2)[nH]1)C(C)C. The fraction of sp³-hybridized carbons (Fsp3) is 0.476. The Morgan fingerprint density at radius 3 is 1.29 bits per heavy atom. The number of aromatic amines is 2. The van der Waals surface area contributed by atoms with Gasteiger partial charge >= 0.3 is 12.2 Å². The molecule has 2 aromatic carbocycles. The van der Waals surface area contributed by atoms with Crippen LogP contribution in [0.25, 0.3) is 33.6 Å². The molecule has 4 atom stereocenters. The van der Waals surface area contributed by atoms with Gasteiger partial charge in [0.15, 0.2) is 0 Å². The number of carbonyl (C=O) groups is 4. The lowest BCUT2D eigenvalue weighted by Gasteiger charge is -2.34. The Morgan fingerprint density at radius 1 is 0.625 bits per heavy atom. The van der Waals surface area contributed by atoms with Gasteiger partial charge in [0.05, 0.1) is 50.1 Å². The van der Waals surface area contributed by atoms with Gasteiger partial charge in [-0.15, -0.1) is 0 Å². The Balaban J connectivity index is 1.12. The van der Waals surface area contributed by atoms with E-state index in [1.807, 2.05) is 49.9 Å². The first-order chi connectivity index (χ1) is 26.8. The van der Waals surface area contributed by atoms with Crippen molar-refractivity contribution in [3.63, 3.8) is 0 Å². The summed E-state index contributed by atoms with van der Waals surface area (Å²) in [4.78, 5) is 74.9. The molecule has 4 aromatic rings. The third-order valence-corrected chi connectivity index (χ3v) is 11.1. The van der Waals surface area contributed by atoms with Gasteiger partial charge in [0.1, 0.15) is 23.7 Å². The molecular formula is C42H54N8O6. The molecule has 0 aliphatic carbocycles. The summed E-state index contributed by atoms with van der Waals surface area (Å²) in [6, 6.07) is 14.9. The molecule has 0 radical (unpaired) electrons. The van der Waals surface area contributed by atoms with Gasteiger partial charge in [-0.2, -0.15) is 0 Å². The van der Waals surface area contributed by atoms with E-state index >= 15 is 0 Å². The number of ether oxygens (including phenoxy) is 2. The van der Waals surface area contributed by atoms with E-state index in [0.29, 0.717) is 13.1 Å². The first-order valence-corrected chi connectivity index (χ1v) is 19.4. The average molecular weight is 767 g/mol. The van der Waals surface area contributed by atoms with Crippen LogP contribution in [-0.2, 0) is 19.1 Å². The molecular weight excluding hydrogens is 713 g/mol. The molecule has 2 aliphatic heterocycles. The molecule has 2 N–H and O–H groups in total. The summed E-state index contributed by atoms with van der Waals surface area (Å²) in [7, 11) is 5.85. The highest BCUT2D eigenvalue weighted by Gasteiger charge is 2.41. The number of hydrogen-bond donors (Lipinski definition) is 2. The first kappa shape index (κ1) is 40.0. The van der Waals surface area contributed by atoms with Gasteiger partial charge in [-0.05, 0) is 59.8 Å². The summed E-state index contributed by atoms with van der Waals surface area (Å²) in [5, 5.41) is 0. The topological polar surface area (TPSA) is 157 Å². The standard InChI is InChI=1S/C42H54N8O6/c1-25(2)35(47(5)41(53)55-7)39(51)49-21-9-11-33(49)37-43-23-31(45-37)29-17-13-27(14-18-29)28-15-19-30(20-16-28)32-24-44-38(46-32)34-12-10-22-50(34)40(52)36(26(3)4)48(6)42(54)56-8/h13-20,23-26,33-36H,9-12,21-22H2,1-8H3,(H,43,45)(H,44,46)/t33-,34-,35-,36-/m0/s1. The van der Waals surface area contributed by atoms with Gasteiger partial charge in [-0.3, -0.25) is 19.4 Å². The number of nitrogens with zero attached hydrogens (tertiary/aromatic N) is 6. The zero-order valence-corrected chi connectivity index (χ0v) is 33.6. The lowest BCUT2D eigenvalue weighted by atomic mass is 10.0. The van der Waals surface area contributed by atoms with Crippen molar-refractivity contribution in [1.82, 2.24) is 39.5 Å². The predicted molar refractivity (Wildman–Crippen MR) is 212 cm³/mol. The molecule has 298 valence electrons. The van der Waals surface area contributed by atoms with E-state index in [2.05, 4.69) is 58.5 Å². The number of imidazole rings is 2. The fourth-order valence-electron chi connectivity index (χ4n) is 8.27. The minimum atomic E-state index is -0.636. The van der Waals surface area contributed by atoms with Gasteiger partial charge in [0, 0.05) is 27.2 Å². The lowest BCUT2D eigenvalue weighted by Crippen LogP contribution is -2.51. The predicted octanol–water partition coefficient (Wildman–Crippen LogP) is 6.91. The molecule has 0 saturated carbocycles. The van der Waals surface area contributed by atoms with Gasteiger partial charge in [0.2, 0.25) is 11.8 Å². The molecule has 2 aromatic heterocycles. The number of likely N-dealkylation sites (N-methyl/N-ethyl adjacent to an activating group) is 2. The molecule has 2 aliphatic rings. The Kier molecular flexibility index (Phi) is 12.2. The summed E-state index contributed by atoms with van der Waals surface area (Å²) in [6.45, 7) is 8.93. The number of benzene rings is 2. The van der Waals surface area contributed by atoms with E-state index < -0.39 is 24.3 Å². The van der Waals surface area contributed by atoms with Crippen molar-refractivity contribution in [3.05, 3.63) is 72.6 Å². The summed E-state index contributed by atoms with van der Waals surface area (Å²) in [6.07, 6.45) is 5.82. The largest absolute Gasteiger partial charge is 0.453 e. The molecule has 56 heavy (non-hydrogen) atoms. The molecule has 4 amide bonds. The number of H-pyrrole nitrogens is 2. The molecule has 14 heteroatoms. The second-order valence-corrected chi connectivity index (χ2v) is 15.4. The second-order valence-electron chi connectivity index (χ2n) is 15.4. The minimum absolute atomic E-state index is 0.0904. The van der Waals surface area contributed by atoms with Crippen LogP contribution in [0.15, 0.2) is 60.9 Å². The molecule has 4 heterocycles. The van der Waals surface area contributed by atoms with Gasteiger partial charge < -0.3 is 29.2 Å². The van der Waals surface area contributed by atoms with Crippen molar-refractivity contribution < 1.29 is 28.7 Å². The molecule has 0 spiro atoms. The number of likely N-dealkylation sites (tertiary alicyclic amines) is 2. The van der Waals surface area contributed by atoms with Crippen molar-refractivity contribution in [2.24, 2.45) is 11.8 Å². The monoisotopic (exact) mass is 766 g/mol. The Labute approximate surface area is 328 Å². The van der Waals surface area contributed by atoms with Crippen molar-refractivity contribution in [1.29, 1.82) is 0 Å². The van der Waals surface area contributed by atoms with Crippen molar-refractivity contribution in [3.8, 4) is 33.6 Å². The number of amides is 4. The Bertz CT molecular complexity index is 1860. The van der Waals surface area contributed by atoms with Crippen LogP contribution in [-0.4, -0.2) is 117 Å². The van der Waals surface area contributed by atoms with E-state index in [0.717, 1.165) is 71.0 Å². The van der Waals surface area contributed by atoms with Gasteiger partial charge in [0.25, 0.3) is 0 Å². The lowest BCUT2D eigenvalue weighted by molar-refractivity contribution is -0.139. The van der Waals surface area contributed by atoms with Crippen molar-refractivity contribution >= 4 is 24.0 Å². The third kappa shape index (κ3) is 8.00. The molecule has 0 bridgehead atoms. The van der Waals surface area contributed by atoms with Crippen LogP contribution in [0.4, 0.5) is 9.59 Å². The minimum Gasteiger partial charge on any atom is -0.453 e. The van der Waals surface area contributed by atoms with Crippen LogP contribution in [0.1, 0.15) is 77.1 Å². The Hall–Kier alpha value is -5.66. The first-order valence-electron chi connectivity index (χ1n) is 19.4. The number of nitrogens with one attached hydrogen (secondary N) is 2. The van der Waals surface area contributed by atoms with Gasteiger partial charge in [-0.25, -0.2) is 19.6 Å². The van der Waals surface area contributed by atoms with E-state index in [4.69, 9.17) is 19.4 Å². The maximum atomic E-state index is 13.8. The molecule has 14 nitrogen and oxygen atoms in total.